The van der Waals surface area contributed by atoms with E-state index in [1.165, 1.54) is 0 Å². The highest BCUT2D eigenvalue weighted by molar-refractivity contribution is 5.76. The minimum absolute atomic E-state index is 0.0103. The maximum Gasteiger partial charge on any atom is 0.319 e. The third-order valence-corrected chi connectivity index (χ3v) is 3.35. The molecule has 0 spiro atoms. The molecule has 92 valence electrons. The quantitative estimate of drug-likeness (QED) is 0.786. The number of hydrogen-bond donors (Lipinski definition) is 1. The van der Waals surface area contributed by atoms with E-state index >= 15 is 0 Å². The number of carbonyl (C=O) groups excluding carboxylic acids is 1. The van der Waals surface area contributed by atoms with Crippen LogP contribution in [0, 0.1) is 11.8 Å². The second-order valence-electron chi connectivity index (χ2n) is 4.78. The lowest BCUT2D eigenvalue weighted by atomic mass is 9.87. The molecular weight excluding hydrogens is 208 g/mol. The Balaban J connectivity index is 2.41. The zero-order chi connectivity index (χ0) is 12.5. The molecule has 5 heteroatoms. The standard InChI is InChI=1S/C11H20N2O3/c1-7(2)12(4)11(16)13-5-9(6-13)8(3)10(14)15/h7-9H,5-6H2,1-4H3,(H,14,15). The summed E-state index contributed by atoms with van der Waals surface area (Å²) in [6.45, 7) is 6.72. The zero-order valence-electron chi connectivity index (χ0n) is 10.3. The lowest BCUT2D eigenvalue weighted by Crippen LogP contribution is -2.57. The normalized spacial score (nSPS) is 18.2. The van der Waals surface area contributed by atoms with Crippen LogP contribution in [0.15, 0.2) is 0 Å². The average molecular weight is 228 g/mol. The number of nitrogens with zero attached hydrogens (tertiary/aromatic N) is 2. The Morgan fingerprint density at radius 2 is 1.81 bits per heavy atom. The molecule has 1 atom stereocenters. The molecule has 1 aliphatic rings. The van der Waals surface area contributed by atoms with Crippen molar-refractivity contribution < 1.29 is 14.7 Å². The van der Waals surface area contributed by atoms with Crippen LogP contribution in [0.3, 0.4) is 0 Å². The lowest BCUT2D eigenvalue weighted by molar-refractivity contribution is -0.144. The van der Waals surface area contributed by atoms with Gasteiger partial charge in [-0.05, 0) is 13.8 Å². The molecule has 1 N–H and O–H groups in total. The summed E-state index contributed by atoms with van der Waals surface area (Å²) < 4.78 is 0. The van der Waals surface area contributed by atoms with Crippen LogP contribution >= 0.6 is 0 Å². The maximum absolute atomic E-state index is 11.8. The Kier molecular flexibility index (Phi) is 3.78. The van der Waals surface area contributed by atoms with Crippen LogP contribution in [0.1, 0.15) is 20.8 Å². The first-order chi connectivity index (χ1) is 7.34. The van der Waals surface area contributed by atoms with Crippen LogP contribution in [0.25, 0.3) is 0 Å². The molecule has 1 heterocycles. The monoisotopic (exact) mass is 228 g/mol. The largest absolute Gasteiger partial charge is 0.481 e. The van der Waals surface area contributed by atoms with E-state index in [4.69, 9.17) is 5.11 Å². The third kappa shape index (κ3) is 2.46. The Morgan fingerprint density at radius 1 is 1.31 bits per heavy atom. The number of urea groups is 1. The fraction of sp³-hybridized carbons (Fsp3) is 0.818. The number of carbonyl (C=O) groups is 2. The van der Waals surface area contributed by atoms with Crippen LogP contribution < -0.4 is 0 Å². The van der Waals surface area contributed by atoms with Gasteiger partial charge < -0.3 is 14.9 Å². The smallest absolute Gasteiger partial charge is 0.319 e. The molecule has 5 nitrogen and oxygen atoms in total. The SMILES string of the molecule is CC(C(=O)O)C1CN(C(=O)N(C)C(C)C)C1. The summed E-state index contributed by atoms with van der Waals surface area (Å²) in [5, 5.41) is 8.83. The summed E-state index contributed by atoms with van der Waals surface area (Å²) in [7, 11) is 1.76. The van der Waals surface area contributed by atoms with E-state index in [1.807, 2.05) is 13.8 Å². The van der Waals surface area contributed by atoms with Gasteiger partial charge in [0.1, 0.15) is 0 Å². The fourth-order valence-electron chi connectivity index (χ4n) is 1.63. The zero-order valence-corrected chi connectivity index (χ0v) is 10.3. The van der Waals surface area contributed by atoms with Crippen LogP contribution in [-0.4, -0.2) is 53.1 Å². The predicted octanol–water partition coefficient (Wildman–Crippen LogP) is 1.10. The summed E-state index contributed by atoms with van der Waals surface area (Å²) in [5.74, 6) is -1.05. The number of rotatable bonds is 3. The van der Waals surface area contributed by atoms with Crippen molar-refractivity contribution in [3.63, 3.8) is 0 Å². The Labute approximate surface area is 96.0 Å². The van der Waals surface area contributed by atoms with Gasteiger partial charge in [0, 0.05) is 32.1 Å². The van der Waals surface area contributed by atoms with Gasteiger partial charge in [-0.25, -0.2) is 4.79 Å². The van der Waals surface area contributed by atoms with Gasteiger partial charge in [0.15, 0.2) is 0 Å². The predicted molar refractivity (Wildman–Crippen MR) is 60.2 cm³/mol. The first-order valence-corrected chi connectivity index (χ1v) is 5.59. The number of amides is 2. The van der Waals surface area contributed by atoms with Crippen LogP contribution in [-0.2, 0) is 4.79 Å². The number of hydrogen-bond acceptors (Lipinski definition) is 2. The van der Waals surface area contributed by atoms with Gasteiger partial charge in [-0.3, -0.25) is 4.79 Å². The molecule has 0 aromatic rings. The molecule has 0 radical (unpaired) electrons. The Morgan fingerprint density at radius 3 is 2.19 bits per heavy atom. The average Bonchev–Trinajstić information content (AvgIpc) is 2.13. The Hall–Kier alpha value is -1.26. The molecule has 0 aromatic carbocycles. The number of carboxylic acid groups (broad SMARTS) is 1. The molecule has 1 aliphatic heterocycles. The fourth-order valence-corrected chi connectivity index (χ4v) is 1.63. The maximum atomic E-state index is 11.8. The topological polar surface area (TPSA) is 60.9 Å². The minimum Gasteiger partial charge on any atom is -0.481 e. The second-order valence-corrected chi connectivity index (χ2v) is 4.78. The summed E-state index contributed by atoms with van der Waals surface area (Å²) in [5.41, 5.74) is 0. The van der Waals surface area contributed by atoms with Gasteiger partial charge in [0.2, 0.25) is 0 Å². The van der Waals surface area contributed by atoms with Crippen molar-refractivity contribution in [2.75, 3.05) is 20.1 Å². The molecule has 2 amide bonds. The van der Waals surface area contributed by atoms with Crippen molar-refractivity contribution in [1.82, 2.24) is 9.80 Å². The van der Waals surface area contributed by atoms with Gasteiger partial charge in [0.05, 0.1) is 5.92 Å². The summed E-state index contributed by atoms with van der Waals surface area (Å²) >= 11 is 0. The van der Waals surface area contributed by atoms with E-state index < -0.39 is 5.97 Å². The Bertz CT molecular complexity index is 285. The highest BCUT2D eigenvalue weighted by Gasteiger charge is 2.38. The molecule has 0 aromatic heterocycles. The van der Waals surface area contributed by atoms with E-state index in [0.717, 1.165) is 0 Å². The van der Waals surface area contributed by atoms with Crippen molar-refractivity contribution in [2.24, 2.45) is 11.8 Å². The van der Waals surface area contributed by atoms with Gasteiger partial charge in [-0.2, -0.15) is 0 Å². The van der Waals surface area contributed by atoms with Crippen molar-refractivity contribution >= 4 is 12.0 Å². The molecule has 1 unspecified atom stereocenters. The van der Waals surface area contributed by atoms with Gasteiger partial charge in [0.25, 0.3) is 0 Å². The molecule has 16 heavy (non-hydrogen) atoms. The van der Waals surface area contributed by atoms with Gasteiger partial charge >= 0.3 is 12.0 Å². The summed E-state index contributed by atoms with van der Waals surface area (Å²) in [4.78, 5) is 25.9. The van der Waals surface area contributed by atoms with Crippen molar-refractivity contribution in [3.05, 3.63) is 0 Å². The third-order valence-electron chi connectivity index (χ3n) is 3.35. The van der Waals surface area contributed by atoms with Crippen molar-refractivity contribution in [3.8, 4) is 0 Å². The van der Waals surface area contributed by atoms with E-state index in [0.29, 0.717) is 13.1 Å². The minimum atomic E-state index is -0.783. The number of likely N-dealkylation sites (tertiary alicyclic amines) is 1. The molecule has 1 fully saturated rings. The number of aliphatic carboxylic acids is 1. The van der Waals surface area contributed by atoms with E-state index in [9.17, 15) is 9.59 Å². The molecule has 0 saturated carbocycles. The second kappa shape index (κ2) is 4.72. The van der Waals surface area contributed by atoms with E-state index in [2.05, 4.69) is 0 Å². The highest BCUT2D eigenvalue weighted by Crippen LogP contribution is 2.25. The lowest BCUT2D eigenvalue weighted by Gasteiger charge is -2.43. The molecule has 0 aliphatic carbocycles. The van der Waals surface area contributed by atoms with Crippen LogP contribution in [0.5, 0.6) is 0 Å². The summed E-state index contributed by atoms with van der Waals surface area (Å²) in [6.07, 6.45) is 0. The number of carboxylic acids is 1. The van der Waals surface area contributed by atoms with E-state index in [-0.39, 0.29) is 23.9 Å². The van der Waals surface area contributed by atoms with Crippen LogP contribution in [0.2, 0.25) is 0 Å². The molecule has 0 bridgehead atoms. The van der Waals surface area contributed by atoms with Crippen LogP contribution in [0.4, 0.5) is 4.79 Å². The van der Waals surface area contributed by atoms with E-state index in [1.54, 1.807) is 23.8 Å². The van der Waals surface area contributed by atoms with Gasteiger partial charge in [-0.15, -0.1) is 0 Å². The highest BCUT2D eigenvalue weighted by atomic mass is 16.4. The summed E-state index contributed by atoms with van der Waals surface area (Å²) in [6, 6.07) is 0.160. The van der Waals surface area contributed by atoms with Crippen molar-refractivity contribution in [1.29, 1.82) is 0 Å². The van der Waals surface area contributed by atoms with Crippen molar-refractivity contribution in [2.45, 2.75) is 26.8 Å². The first kappa shape index (κ1) is 12.8. The molecular formula is C11H20N2O3. The van der Waals surface area contributed by atoms with Gasteiger partial charge in [-0.1, -0.05) is 6.92 Å². The molecule has 1 saturated heterocycles. The molecule has 1 rings (SSSR count). The first-order valence-electron chi connectivity index (χ1n) is 5.59.